The molecule has 2 bridgehead atoms. The summed E-state index contributed by atoms with van der Waals surface area (Å²) in [6, 6.07) is 0. The molecule has 0 aromatic carbocycles. The minimum Gasteiger partial charge on any atom is -0.371 e. The molecule has 5 atom stereocenters. The van der Waals surface area contributed by atoms with Gasteiger partial charge >= 0.3 is 0 Å². The lowest BCUT2D eigenvalue weighted by Gasteiger charge is -2.44. The van der Waals surface area contributed by atoms with E-state index >= 15 is 0 Å². The van der Waals surface area contributed by atoms with Crippen LogP contribution in [0.25, 0.3) is 0 Å². The Kier molecular flexibility index (Phi) is 5.13. The molecule has 0 saturated carbocycles. The molecule has 3 N–H and O–H groups in total. The van der Waals surface area contributed by atoms with Gasteiger partial charge in [0.05, 0.1) is 12.2 Å². The molecule has 2 fully saturated rings. The Morgan fingerprint density at radius 3 is 2.59 bits per heavy atom. The maximum absolute atomic E-state index is 11.9. The smallest absolute Gasteiger partial charge is 0.250 e. The van der Waals surface area contributed by atoms with Crippen LogP contribution >= 0.6 is 0 Å². The maximum Gasteiger partial charge on any atom is 0.250 e. The number of fused-ring (bicyclic) bond motifs is 2. The number of amides is 1. The molecule has 7 heteroatoms. The molecular formula is C20H35N3O4. The predicted octanol–water partition coefficient (Wildman–Crippen LogP) is 2.07. The number of hydrogen-bond acceptors (Lipinski definition) is 6. The highest BCUT2D eigenvalue weighted by atomic mass is 16.6. The first-order valence-corrected chi connectivity index (χ1v) is 9.81. The minimum absolute atomic E-state index is 0.0697. The van der Waals surface area contributed by atoms with Gasteiger partial charge in [-0.15, -0.1) is 0 Å². The predicted molar refractivity (Wildman–Crippen MR) is 102 cm³/mol. The van der Waals surface area contributed by atoms with E-state index in [2.05, 4.69) is 46.9 Å². The third-order valence-corrected chi connectivity index (χ3v) is 5.19. The summed E-state index contributed by atoms with van der Waals surface area (Å²) in [5, 5.41) is 2.78. The van der Waals surface area contributed by atoms with Crippen LogP contribution in [0, 0.1) is 5.41 Å². The maximum atomic E-state index is 11.9. The molecule has 0 spiro atoms. The monoisotopic (exact) mass is 381 g/mol. The van der Waals surface area contributed by atoms with Crippen molar-refractivity contribution < 1.29 is 19.0 Å². The van der Waals surface area contributed by atoms with Crippen molar-refractivity contribution in [2.75, 3.05) is 6.61 Å². The largest absolute Gasteiger partial charge is 0.371 e. The molecule has 27 heavy (non-hydrogen) atoms. The molecule has 0 aromatic heterocycles. The lowest BCUT2D eigenvalue weighted by Crippen LogP contribution is -2.61. The third kappa shape index (κ3) is 4.16. The second kappa shape index (κ2) is 6.72. The number of rotatable bonds is 3. The molecule has 0 aliphatic carbocycles. The summed E-state index contributed by atoms with van der Waals surface area (Å²) >= 11 is 0. The number of ether oxygens (including phenoxy) is 3. The molecular weight excluding hydrogens is 346 g/mol. The molecule has 0 aromatic rings. The number of nitrogens with one attached hydrogen (secondary N) is 1. The van der Waals surface area contributed by atoms with E-state index in [-0.39, 0.29) is 29.1 Å². The van der Waals surface area contributed by atoms with Gasteiger partial charge in [0.15, 0.2) is 12.5 Å². The number of carbonyl (C=O) groups is 1. The van der Waals surface area contributed by atoms with Crippen LogP contribution in [0.5, 0.6) is 0 Å². The zero-order valence-corrected chi connectivity index (χ0v) is 17.7. The molecule has 2 unspecified atom stereocenters. The van der Waals surface area contributed by atoms with Crippen LogP contribution in [-0.4, -0.2) is 53.3 Å². The summed E-state index contributed by atoms with van der Waals surface area (Å²) < 4.78 is 19.3. The first kappa shape index (κ1) is 20.6. The second-order valence-electron chi connectivity index (χ2n) is 10.2. The Morgan fingerprint density at radius 1 is 1.33 bits per heavy atom. The Morgan fingerprint density at radius 2 is 2.00 bits per heavy atom. The zero-order chi connectivity index (χ0) is 20.2. The van der Waals surface area contributed by atoms with E-state index in [1.165, 1.54) is 0 Å². The van der Waals surface area contributed by atoms with Gasteiger partial charge in [-0.1, -0.05) is 20.8 Å². The molecule has 154 valence electrons. The van der Waals surface area contributed by atoms with Crippen molar-refractivity contribution >= 4 is 5.91 Å². The van der Waals surface area contributed by atoms with Crippen LogP contribution in [0.1, 0.15) is 61.3 Å². The van der Waals surface area contributed by atoms with Crippen molar-refractivity contribution in [1.82, 2.24) is 10.2 Å². The van der Waals surface area contributed by atoms with Crippen molar-refractivity contribution in [3.05, 3.63) is 11.8 Å². The van der Waals surface area contributed by atoms with Crippen LogP contribution in [-0.2, 0) is 19.0 Å². The minimum atomic E-state index is -0.656. The van der Waals surface area contributed by atoms with Crippen molar-refractivity contribution in [3.8, 4) is 0 Å². The molecule has 2 saturated heterocycles. The van der Waals surface area contributed by atoms with Gasteiger partial charge in [-0.05, 0) is 39.5 Å². The normalized spacial score (nSPS) is 37.3. The highest BCUT2D eigenvalue weighted by molar-refractivity contribution is 5.93. The quantitative estimate of drug-likeness (QED) is 0.778. The van der Waals surface area contributed by atoms with Gasteiger partial charge in [-0.2, -0.15) is 0 Å². The van der Waals surface area contributed by atoms with E-state index in [0.717, 1.165) is 12.8 Å². The topological polar surface area (TPSA) is 86.1 Å². The summed E-state index contributed by atoms with van der Waals surface area (Å²) in [6.45, 7) is 15.2. The van der Waals surface area contributed by atoms with E-state index in [0.29, 0.717) is 12.2 Å². The van der Waals surface area contributed by atoms with Gasteiger partial charge in [0.1, 0.15) is 17.8 Å². The van der Waals surface area contributed by atoms with Gasteiger partial charge in [0, 0.05) is 18.2 Å². The Bertz CT molecular complexity index is 622. The van der Waals surface area contributed by atoms with Crippen molar-refractivity contribution in [1.29, 1.82) is 0 Å². The molecule has 3 aliphatic heterocycles. The summed E-state index contributed by atoms with van der Waals surface area (Å²) in [7, 11) is 0. The summed E-state index contributed by atoms with van der Waals surface area (Å²) in [4.78, 5) is 13.8. The highest BCUT2D eigenvalue weighted by Crippen LogP contribution is 2.49. The lowest BCUT2D eigenvalue weighted by atomic mass is 9.76. The highest BCUT2D eigenvalue weighted by Gasteiger charge is 2.62. The number of nitrogens with two attached hydrogens (primary N) is 1. The average Bonchev–Trinajstić information content (AvgIpc) is 2.64. The van der Waals surface area contributed by atoms with E-state index in [4.69, 9.17) is 19.9 Å². The van der Waals surface area contributed by atoms with Crippen LogP contribution in [0.15, 0.2) is 11.8 Å². The van der Waals surface area contributed by atoms with E-state index in [1.807, 2.05) is 4.90 Å². The van der Waals surface area contributed by atoms with Crippen LogP contribution in [0.4, 0.5) is 0 Å². The molecule has 1 amide bonds. The fourth-order valence-electron chi connectivity index (χ4n) is 4.39. The Balaban J connectivity index is 1.97. The van der Waals surface area contributed by atoms with Gasteiger partial charge < -0.3 is 24.4 Å². The first-order valence-electron chi connectivity index (χ1n) is 9.81. The standard InChI is InChI=1S/C20H35N3O4/c1-12-10-23(17(21)22-15(12)24)16-13-14(26-19(5,6)7)20(27-16,8-9-25-13)11-18(2,3)4/h10,13-14,16-17H,8-9,11,21H2,1-7H3,(H,22,24)/t13-,14?,16+,17?,20+/m0/s1. The van der Waals surface area contributed by atoms with Gasteiger partial charge in [-0.3, -0.25) is 10.5 Å². The molecule has 3 rings (SSSR count). The SMILES string of the molecule is CC1=CN([C@@H]2O[C@@]3(CC(C)(C)C)CCO[C@H]2C3OC(C)(C)C)C(N)NC1=O. The molecule has 3 heterocycles. The number of hydrogen-bond donors (Lipinski definition) is 2. The van der Waals surface area contributed by atoms with Gasteiger partial charge in [0.25, 0.3) is 5.91 Å². The van der Waals surface area contributed by atoms with Crippen LogP contribution in [0.2, 0.25) is 0 Å². The van der Waals surface area contributed by atoms with Crippen LogP contribution < -0.4 is 11.1 Å². The molecule has 7 nitrogen and oxygen atoms in total. The van der Waals surface area contributed by atoms with Crippen molar-refractivity contribution in [3.63, 3.8) is 0 Å². The summed E-state index contributed by atoms with van der Waals surface area (Å²) in [5.74, 6) is -0.160. The third-order valence-electron chi connectivity index (χ3n) is 5.19. The zero-order valence-electron chi connectivity index (χ0n) is 17.7. The molecule has 0 radical (unpaired) electrons. The fourth-order valence-corrected chi connectivity index (χ4v) is 4.39. The molecule has 3 aliphatic rings. The number of carbonyl (C=O) groups excluding carboxylic acids is 1. The number of nitrogens with zero attached hydrogens (tertiary/aromatic N) is 1. The Labute approximate surface area is 162 Å². The van der Waals surface area contributed by atoms with E-state index in [9.17, 15) is 4.79 Å². The van der Waals surface area contributed by atoms with Crippen LogP contribution in [0.3, 0.4) is 0 Å². The van der Waals surface area contributed by atoms with Gasteiger partial charge in [0.2, 0.25) is 0 Å². The van der Waals surface area contributed by atoms with Gasteiger partial charge in [-0.25, -0.2) is 0 Å². The Hall–Kier alpha value is -1.15. The van der Waals surface area contributed by atoms with E-state index in [1.54, 1.807) is 13.1 Å². The second-order valence-corrected chi connectivity index (χ2v) is 10.2. The van der Waals surface area contributed by atoms with Crippen molar-refractivity contribution in [2.45, 2.75) is 97.2 Å². The van der Waals surface area contributed by atoms with Crippen molar-refractivity contribution in [2.24, 2.45) is 11.1 Å². The lowest BCUT2D eigenvalue weighted by molar-refractivity contribution is -0.195. The summed E-state index contributed by atoms with van der Waals surface area (Å²) in [5.41, 5.74) is 6.11. The van der Waals surface area contributed by atoms with E-state index < -0.39 is 18.1 Å². The first-order chi connectivity index (χ1) is 12.3. The fraction of sp³-hybridized carbons (Fsp3) is 0.850. The average molecular weight is 382 g/mol. The summed E-state index contributed by atoms with van der Waals surface area (Å²) in [6.07, 6.45) is 1.87.